The summed E-state index contributed by atoms with van der Waals surface area (Å²) in [4.78, 5) is 28.2. The Morgan fingerprint density at radius 3 is 2.16 bits per heavy atom. The van der Waals surface area contributed by atoms with Gasteiger partial charge in [0, 0.05) is 28.7 Å². The highest BCUT2D eigenvalue weighted by Crippen LogP contribution is 2.28. The summed E-state index contributed by atoms with van der Waals surface area (Å²) >= 11 is 12.8. The van der Waals surface area contributed by atoms with Crippen LogP contribution in [0.1, 0.15) is 45.6 Å². The predicted octanol–water partition coefficient (Wildman–Crippen LogP) is 4.88. The minimum absolute atomic E-state index is 0.0576. The molecule has 2 rings (SSSR count). The van der Waals surface area contributed by atoms with E-state index < -0.39 is 28.5 Å². The molecule has 0 aliphatic carbocycles. The Labute approximate surface area is 229 Å². The summed E-state index contributed by atoms with van der Waals surface area (Å²) < 4.78 is 31.9. The lowest BCUT2D eigenvalue weighted by Gasteiger charge is -2.33. The van der Waals surface area contributed by atoms with Crippen LogP contribution in [0, 0.1) is 0 Å². The molecule has 2 aromatic rings. The lowest BCUT2D eigenvalue weighted by molar-refractivity contribution is -0.140. The van der Waals surface area contributed by atoms with Gasteiger partial charge in [-0.3, -0.25) is 13.9 Å². The van der Waals surface area contributed by atoms with Crippen LogP contribution < -0.4 is 14.4 Å². The Morgan fingerprint density at radius 2 is 1.65 bits per heavy atom. The number of unbranched alkanes of at least 4 members (excludes halogenated alkanes) is 1. The van der Waals surface area contributed by atoms with E-state index >= 15 is 0 Å². The predicted molar refractivity (Wildman–Crippen MR) is 149 cm³/mol. The summed E-state index contributed by atoms with van der Waals surface area (Å²) in [6.07, 6.45) is 3.04. The van der Waals surface area contributed by atoms with E-state index in [-0.39, 0.29) is 12.5 Å². The van der Waals surface area contributed by atoms with E-state index in [1.54, 1.807) is 49.4 Å². The van der Waals surface area contributed by atoms with E-state index in [9.17, 15) is 18.0 Å². The van der Waals surface area contributed by atoms with Crippen LogP contribution in [0.5, 0.6) is 5.75 Å². The van der Waals surface area contributed by atoms with E-state index in [2.05, 4.69) is 5.32 Å². The summed E-state index contributed by atoms with van der Waals surface area (Å²) in [5.74, 6) is -0.303. The van der Waals surface area contributed by atoms with Gasteiger partial charge in [0.05, 0.1) is 18.6 Å². The van der Waals surface area contributed by atoms with E-state index in [0.29, 0.717) is 46.6 Å². The molecule has 0 saturated carbocycles. The van der Waals surface area contributed by atoms with Crippen molar-refractivity contribution in [2.24, 2.45) is 0 Å². The number of benzene rings is 2. The minimum atomic E-state index is -3.84. The summed E-state index contributed by atoms with van der Waals surface area (Å²) in [5.41, 5.74) is 0.779. The largest absolute Gasteiger partial charge is 0.494 e. The molecule has 0 radical (unpaired) electrons. The zero-order valence-corrected chi connectivity index (χ0v) is 24.0. The highest BCUT2D eigenvalue weighted by molar-refractivity contribution is 7.92. The summed E-state index contributed by atoms with van der Waals surface area (Å²) in [6.45, 7) is 6.02. The molecule has 204 valence electrons. The van der Waals surface area contributed by atoms with Gasteiger partial charge < -0.3 is 15.0 Å². The van der Waals surface area contributed by atoms with Crippen LogP contribution in [0.2, 0.25) is 10.0 Å². The van der Waals surface area contributed by atoms with Gasteiger partial charge in [-0.15, -0.1) is 0 Å². The van der Waals surface area contributed by atoms with Crippen LogP contribution in [0.3, 0.4) is 0 Å². The van der Waals surface area contributed by atoms with E-state index in [0.717, 1.165) is 23.4 Å². The molecule has 0 aliphatic heterocycles. The molecule has 0 heterocycles. The van der Waals surface area contributed by atoms with Gasteiger partial charge in [-0.2, -0.15) is 0 Å². The molecule has 0 saturated heterocycles. The van der Waals surface area contributed by atoms with Gasteiger partial charge in [-0.25, -0.2) is 8.42 Å². The van der Waals surface area contributed by atoms with E-state index in [1.807, 2.05) is 13.8 Å². The molecule has 0 aliphatic rings. The first kappa shape index (κ1) is 30.7. The number of sulfonamides is 1. The molecule has 1 unspecified atom stereocenters. The fourth-order valence-electron chi connectivity index (χ4n) is 3.77. The first-order valence-corrected chi connectivity index (χ1v) is 14.8. The van der Waals surface area contributed by atoms with Crippen LogP contribution in [0.4, 0.5) is 5.69 Å². The van der Waals surface area contributed by atoms with Gasteiger partial charge in [0.1, 0.15) is 18.3 Å². The second-order valence-electron chi connectivity index (χ2n) is 8.49. The van der Waals surface area contributed by atoms with Crippen LogP contribution in [-0.2, 0) is 26.2 Å². The van der Waals surface area contributed by atoms with Crippen LogP contribution in [-0.4, -0.2) is 57.1 Å². The van der Waals surface area contributed by atoms with Crippen LogP contribution >= 0.6 is 23.2 Å². The first-order valence-electron chi connectivity index (χ1n) is 12.2. The smallest absolute Gasteiger partial charge is 0.244 e. The number of amides is 2. The van der Waals surface area contributed by atoms with Crippen molar-refractivity contribution in [1.29, 1.82) is 0 Å². The van der Waals surface area contributed by atoms with Crippen molar-refractivity contribution in [3.63, 3.8) is 0 Å². The zero-order valence-electron chi connectivity index (χ0n) is 21.7. The molecule has 37 heavy (non-hydrogen) atoms. The summed E-state index contributed by atoms with van der Waals surface area (Å²) in [5, 5.41) is 3.56. The maximum absolute atomic E-state index is 13.7. The molecule has 1 atom stereocenters. The van der Waals surface area contributed by atoms with Gasteiger partial charge in [-0.05, 0) is 56.2 Å². The topological polar surface area (TPSA) is 96.0 Å². The van der Waals surface area contributed by atoms with Crippen molar-refractivity contribution in [2.75, 3.05) is 30.3 Å². The second-order valence-corrected chi connectivity index (χ2v) is 11.2. The van der Waals surface area contributed by atoms with Crippen LogP contribution in [0.15, 0.2) is 42.5 Å². The maximum Gasteiger partial charge on any atom is 0.244 e. The average molecular weight is 573 g/mol. The van der Waals surface area contributed by atoms with Gasteiger partial charge in [0.2, 0.25) is 21.8 Å². The van der Waals surface area contributed by atoms with Crippen molar-refractivity contribution in [1.82, 2.24) is 10.2 Å². The Bertz CT molecular complexity index is 1140. The van der Waals surface area contributed by atoms with Gasteiger partial charge in [0.15, 0.2) is 0 Å². The molecule has 0 fully saturated rings. The number of carbonyl (C=O) groups is 2. The number of halogens is 2. The van der Waals surface area contributed by atoms with E-state index in [1.165, 1.54) is 4.90 Å². The fraction of sp³-hybridized carbons (Fsp3) is 0.462. The molecular formula is C26H35Cl2N3O5S. The quantitative estimate of drug-likeness (QED) is 0.326. The minimum Gasteiger partial charge on any atom is -0.494 e. The SMILES string of the molecule is CCCCNC(=O)C(CC)N(Cc1c(Cl)cccc1Cl)C(=O)CN(c1ccc(OCC)cc1)S(C)(=O)=O. The summed E-state index contributed by atoms with van der Waals surface area (Å²) in [6, 6.07) is 10.6. The molecular weight excluding hydrogens is 537 g/mol. The number of ether oxygens (including phenoxy) is 1. The third kappa shape index (κ3) is 8.79. The highest BCUT2D eigenvalue weighted by Gasteiger charge is 2.32. The molecule has 0 bridgehead atoms. The molecule has 11 heteroatoms. The number of nitrogens with zero attached hydrogens (tertiary/aromatic N) is 2. The average Bonchev–Trinajstić information content (AvgIpc) is 2.84. The van der Waals surface area contributed by atoms with Gasteiger partial charge in [0.25, 0.3) is 0 Å². The van der Waals surface area contributed by atoms with Crippen molar-refractivity contribution >= 4 is 50.7 Å². The lowest BCUT2D eigenvalue weighted by Crippen LogP contribution is -2.52. The summed E-state index contributed by atoms with van der Waals surface area (Å²) in [7, 11) is -3.84. The third-order valence-electron chi connectivity index (χ3n) is 5.72. The molecule has 0 aromatic heterocycles. The maximum atomic E-state index is 13.7. The number of nitrogens with one attached hydrogen (secondary N) is 1. The number of hydrogen-bond acceptors (Lipinski definition) is 5. The zero-order chi connectivity index (χ0) is 27.6. The Morgan fingerprint density at radius 1 is 1.03 bits per heavy atom. The van der Waals surface area contributed by atoms with Crippen molar-refractivity contribution in [2.45, 2.75) is 52.6 Å². The molecule has 8 nitrogen and oxygen atoms in total. The number of carbonyl (C=O) groups excluding carboxylic acids is 2. The van der Waals surface area contributed by atoms with Crippen molar-refractivity contribution in [3.05, 3.63) is 58.1 Å². The van der Waals surface area contributed by atoms with Crippen molar-refractivity contribution < 1.29 is 22.7 Å². The number of hydrogen-bond donors (Lipinski definition) is 1. The van der Waals surface area contributed by atoms with Crippen LogP contribution in [0.25, 0.3) is 0 Å². The molecule has 2 amide bonds. The normalized spacial score (nSPS) is 12.1. The van der Waals surface area contributed by atoms with Gasteiger partial charge in [-0.1, -0.05) is 49.5 Å². The van der Waals surface area contributed by atoms with Gasteiger partial charge >= 0.3 is 0 Å². The molecule has 1 N–H and O–H groups in total. The lowest BCUT2D eigenvalue weighted by atomic mass is 10.1. The second kappa shape index (κ2) is 14.4. The number of anilines is 1. The Balaban J connectivity index is 2.44. The molecule has 2 aromatic carbocycles. The first-order chi connectivity index (χ1) is 17.5. The standard InChI is InChI=1S/C26H35Cl2N3O5S/c1-5-8-16-29-26(33)24(6-2)30(17-21-22(27)10-9-11-23(21)28)25(32)18-31(37(4,34)35)19-12-14-20(15-13-19)36-7-3/h9-15,24H,5-8,16-18H2,1-4H3,(H,29,33). The Kier molecular flexibility index (Phi) is 12.0. The Hall–Kier alpha value is -2.49. The highest BCUT2D eigenvalue weighted by atomic mass is 35.5. The third-order valence-corrected chi connectivity index (χ3v) is 7.57. The fourth-order valence-corrected chi connectivity index (χ4v) is 5.13. The van der Waals surface area contributed by atoms with E-state index in [4.69, 9.17) is 27.9 Å². The van der Waals surface area contributed by atoms with Crippen molar-refractivity contribution in [3.8, 4) is 5.75 Å². The molecule has 0 spiro atoms. The monoisotopic (exact) mass is 571 g/mol. The number of rotatable bonds is 14.